The molecule has 0 amide bonds. The van der Waals surface area contributed by atoms with Crippen LogP contribution in [-0.4, -0.2) is 15.1 Å². The lowest BCUT2D eigenvalue weighted by Crippen LogP contribution is -2.04. The number of aromatic nitrogens is 2. The smallest absolute Gasteiger partial charge is 0.0890 e. The van der Waals surface area contributed by atoms with Crippen LogP contribution < -0.4 is 0 Å². The van der Waals surface area contributed by atoms with E-state index in [2.05, 4.69) is 23.8 Å². The fourth-order valence-corrected chi connectivity index (χ4v) is 2.32. The molecule has 3 heteroatoms. The highest BCUT2D eigenvalue weighted by Crippen LogP contribution is 2.25. The second-order valence-electron chi connectivity index (χ2n) is 4.95. The van der Waals surface area contributed by atoms with Gasteiger partial charge in [0.1, 0.15) is 0 Å². The Bertz CT molecular complexity index is 513. The third-order valence-corrected chi connectivity index (χ3v) is 3.29. The first-order valence-electron chi connectivity index (χ1n) is 6.59. The van der Waals surface area contributed by atoms with Gasteiger partial charge in [0.05, 0.1) is 17.1 Å². The van der Waals surface area contributed by atoms with Gasteiger partial charge in [0.15, 0.2) is 0 Å². The number of aliphatic hydroxyl groups is 1. The topological polar surface area (TPSA) is 46.0 Å². The molecule has 0 bridgehead atoms. The fraction of sp³-hybridized carbons (Fsp3) is 0.467. The van der Waals surface area contributed by atoms with Crippen LogP contribution in [0, 0.1) is 5.92 Å². The Kier molecular flexibility index (Phi) is 4.26. The lowest BCUT2D eigenvalue weighted by Gasteiger charge is -2.16. The summed E-state index contributed by atoms with van der Waals surface area (Å²) in [6.45, 7) is 4.36. The van der Waals surface area contributed by atoms with Gasteiger partial charge in [0.25, 0.3) is 0 Å². The highest BCUT2D eigenvalue weighted by Gasteiger charge is 2.12. The molecule has 0 aliphatic carbocycles. The summed E-state index contributed by atoms with van der Waals surface area (Å²) in [5, 5.41) is 10.2. The average molecular weight is 244 g/mol. The van der Waals surface area contributed by atoms with Crippen molar-refractivity contribution in [3.8, 4) is 0 Å². The number of rotatable bonds is 5. The van der Waals surface area contributed by atoms with E-state index in [0.29, 0.717) is 5.92 Å². The van der Waals surface area contributed by atoms with Gasteiger partial charge in [-0.2, -0.15) is 0 Å². The molecular weight excluding hydrogens is 224 g/mol. The molecule has 0 spiro atoms. The molecule has 2 rings (SSSR count). The van der Waals surface area contributed by atoms with E-state index in [9.17, 15) is 5.11 Å². The van der Waals surface area contributed by atoms with E-state index in [4.69, 9.17) is 0 Å². The molecule has 2 aromatic rings. The minimum atomic E-state index is -0.405. The predicted molar refractivity (Wildman–Crippen MR) is 73.2 cm³/mol. The van der Waals surface area contributed by atoms with Crippen molar-refractivity contribution in [3.63, 3.8) is 0 Å². The highest BCUT2D eigenvalue weighted by atomic mass is 16.3. The SMILES string of the molecule is CCCC(C)CC(O)c1ccc2nccnc2c1. The molecule has 0 aliphatic rings. The van der Waals surface area contributed by atoms with Crippen molar-refractivity contribution in [3.05, 3.63) is 36.2 Å². The number of hydrogen-bond donors (Lipinski definition) is 1. The molecule has 0 fully saturated rings. The van der Waals surface area contributed by atoms with Crippen molar-refractivity contribution in [1.29, 1.82) is 0 Å². The summed E-state index contributed by atoms with van der Waals surface area (Å²) in [4.78, 5) is 8.49. The normalized spacial score (nSPS) is 14.6. The maximum absolute atomic E-state index is 10.2. The summed E-state index contributed by atoms with van der Waals surface area (Å²) in [6, 6.07) is 5.80. The van der Waals surface area contributed by atoms with Gasteiger partial charge >= 0.3 is 0 Å². The molecule has 1 N–H and O–H groups in total. The van der Waals surface area contributed by atoms with Crippen LogP contribution in [0.5, 0.6) is 0 Å². The molecule has 0 saturated heterocycles. The zero-order valence-electron chi connectivity index (χ0n) is 11.0. The molecule has 2 atom stereocenters. The molecule has 1 heterocycles. The van der Waals surface area contributed by atoms with E-state index in [0.717, 1.165) is 35.9 Å². The van der Waals surface area contributed by atoms with Crippen molar-refractivity contribution in [1.82, 2.24) is 9.97 Å². The van der Waals surface area contributed by atoms with Crippen LogP contribution in [0.3, 0.4) is 0 Å². The molecule has 3 nitrogen and oxygen atoms in total. The second-order valence-corrected chi connectivity index (χ2v) is 4.95. The summed E-state index contributed by atoms with van der Waals surface area (Å²) in [7, 11) is 0. The maximum Gasteiger partial charge on any atom is 0.0890 e. The standard InChI is InChI=1S/C15H20N2O/c1-3-4-11(2)9-15(18)12-5-6-13-14(10-12)17-8-7-16-13/h5-8,10-11,15,18H,3-4,9H2,1-2H3. The van der Waals surface area contributed by atoms with Gasteiger partial charge in [-0.1, -0.05) is 32.8 Å². The van der Waals surface area contributed by atoms with E-state index in [1.54, 1.807) is 12.4 Å². The zero-order valence-corrected chi connectivity index (χ0v) is 11.0. The summed E-state index contributed by atoms with van der Waals surface area (Å²) >= 11 is 0. The van der Waals surface area contributed by atoms with Crippen molar-refractivity contribution < 1.29 is 5.11 Å². The van der Waals surface area contributed by atoms with Crippen molar-refractivity contribution >= 4 is 11.0 Å². The molecule has 0 radical (unpaired) electrons. The Balaban J connectivity index is 2.15. The first-order valence-corrected chi connectivity index (χ1v) is 6.59. The third-order valence-electron chi connectivity index (χ3n) is 3.29. The number of aliphatic hydroxyl groups excluding tert-OH is 1. The van der Waals surface area contributed by atoms with Gasteiger partial charge < -0.3 is 5.11 Å². The Morgan fingerprint density at radius 1 is 1.17 bits per heavy atom. The summed E-state index contributed by atoms with van der Waals surface area (Å²) in [5.74, 6) is 0.544. The summed E-state index contributed by atoms with van der Waals surface area (Å²) < 4.78 is 0. The zero-order chi connectivity index (χ0) is 13.0. The van der Waals surface area contributed by atoms with Crippen LogP contribution in [0.25, 0.3) is 11.0 Å². The van der Waals surface area contributed by atoms with Crippen LogP contribution in [-0.2, 0) is 0 Å². The van der Waals surface area contributed by atoms with Gasteiger partial charge in [0, 0.05) is 12.4 Å². The Labute approximate surface area is 108 Å². The highest BCUT2D eigenvalue weighted by molar-refractivity contribution is 5.74. The van der Waals surface area contributed by atoms with Crippen LogP contribution in [0.4, 0.5) is 0 Å². The lowest BCUT2D eigenvalue weighted by molar-refractivity contribution is 0.145. The molecule has 96 valence electrons. The predicted octanol–water partition coefficient (Wildman–Crippen LogP) is 3.49. The first kappa shape index (κ1) is 13.0. The van der Waals surface area contributed by atoms with E-state index in [-0.39, 0.29) is 0 Å². The maximum atomic E-state index is 10.2. The molecule has 0 saturated carbocycles. The second kappa shape index (κ2) is 5.91. The van der Waals surface area contributed by atoms with E-state index >= 15 is 0 Å². The largest absolute Gasteiger partial charge is 0.388 e. The minimum absolute atomic E-state index is 0.405. The van der Waals surface area contributed by atoms with Gasteiger partial charge in [-0.15, -0.1) is 0 Å². The van der Waals surface area contributed by atoms with Gasteiger partial charge in [0.2, 0.25) is 0 Å². The molecule has 2 unspecified atom stereocenters. The molecular formula is C15H20N2O. The van der Waals surface area contributed by atoms with Crippen molar-refractivity contribution in [2.24, 2.45) is 5.92 Å². The van der Waals surface area contributed by atoms with Gasteiger partial charge in [-0.3, -0.25) is 9.97 Å². The van der Waals surface area contributed by atoms with Crippen molar-refractivity contribution in [2.45, 2.75) is 39.2 Å². The Morgan fingerprint density at radius 3 is 2.61 bits per heavy atom. The minimum Gasteiger partial charge on any atom is -0.388 e. The van der Waals surface area contributed by atoms with E-state index in [1.165, 1.54) is 0 Å². The van der Waals surface area contributed by atoms with E-state index in [1.807, 2.05) is 18.2 Å². The molecule has 18 heavy (non-hydrogen) atoms. The fourth-order valence-electron chi connectivity index (χ4n) is 2.32. The van der Waals surface area contributed by atoms with Crippen LogP contribution in [0.15, 0.2) is 30.6 Å². The quantitative estimate of drug-likeness (QED) is 0.875. The third kappa shape index (κ3) is 3.05. The van der Waals surface area contributed by atoms with Crippen LogP contribution in [0.2, 0.25) is 0 Å². The van der Waals surface area contributed by atoms with Crippen LogP contribution >= 0.6 is 0 Å². The Hall–Kier alpha value is -1.48. The summed E-state index contributed by atoms with van der Waals surface area (Å²) in [5.41, 5.74) is 2.65. The van der Waals surface area contributed by atoms with E-state index < -0.39 is 6.10 Å². The Morgan fingerprint density at radius 2 is 1.89 bits per heavy atom. The van der Waals surface area contributed by atoms with Crippen molar-refractivity contribution in [2.75, 3.05) is 0 Å². The average Bonchev–Trinajstić information content (AvgIpc) is 2.38. The van der Waals surface area contributed by atoms with Gasteiger partial charge in [-0.25, -0.2) is 0 Å². The molecule has 0 aliphatic heterocycles. The first-order chi connectivity index (χ1) is 8.70. The molecule has 1 aromatic carbocycles. The monoisotopic (exact) mass is 244 g/mol. The number of benzene rings is 1. The number of fused-ring (bicyclic) bond motifs is 1. The summed E-state index contributed by atoms with van der Waals surface area (Å²) in [6.07, 6.45) is 6.08. The number of nitrogens with zero attached hydrogens (tertiary/aromatic N) is 2. The van der Waals surface area contributed by atoms with Gasteiger partial charge in [-0.05, 0) is 30.0 Å². The number of hydrogen-bond acceptors (Lipinski definition) is 3. The van der Waals surface area contributed by atoms with Crippen LogP contribution in [0.1, 0.15) is 44.8 Å². The lowest BCUT2D eigenvalue weighted by atomic mass is 9.95. The molecule has 1 aromatic heterocycles.